The Kier molecular flexibility index (Phi) is 7.03. The van der Waals surface area contributed by atoms with Gasteiger partial charge in [0.05, 0.1) is 17.3 Å². The van der Waals surface area contributed by atoms with Crippen LogP contribution in [0.3, 0.4) is 0 Å². The van der Waals surface area contributed by atoms with Crippen LogP contribution < -0.4 is 15.4 Å². The van der Waals surface area contributed by atoms with E-state index < -0.39 is 18.6 Å². The van der Waals surface area contributed by atoms with Crippen molar-refractivity contribution in [1.29, 1.82) is 0 Å². The van der Waals surface area contributed by atoms with E-state index in [2.05, 4.69) is 22.2 Å². The molecule has 6 nitrogen and oxygen atoms in total. The van der Waals surface area contributed by atoms with Gasteiger partial charge in [0.25, 0.3) is 11.8 Å². The van der Waals surface area contributed by atoms with Crippen molar-refractivity contribution in [2.24, 2.45) is 0 Å². The number of aryl methyl sites for hydroxylation is 1. The lowest BCUT2D eigenvalue weighted by molar-refractivity contribution is -0.114. The lowest BCUT2D eigenvalue weighted by Gasteiger charge is -2.18. The summed E-state index contributed by atoms with van der Waals surface area (Å²) in [5.41, 5.74) is 2.17. The fourth-order valence-electron chi connectivity index (χ4n) is 2.58. The summed E-state index contributed by atoms with van der Waals surface area (Å²) in [6.45, 7) is 7.10. The van der Waals surface area contributed by atoms with Gasteiger partial charge in [-0.3, -0.25) is 9.59 Å². The number of carbonyl (C=O) groups is 2. The summed E-state index contributed by atoms with van der Waals surface area (Å²) in [5, 5.41) is 5.50. The molecule has 1 unspecified atom stereocenters. The van der Waals surface area contributed by atoms with E-state index in [9.17, 15) is 18.4 Å². The van der Waals surface area contributed by atoms with Gasteiger partial charge in [-0.05, 0) is 37.1 Å². The first-order valence-electron chi connectivity index (χ1n) is 8.91. The Bertz CT molecular complexity index is 899. The highest BCUT2D eigenvalue weighted by Crippen LogP contribution is 2.22. The lowest BCUT2D eigenvalue weighted by Crippen LogP contribution is -2.28. The summed E-state index contributed by atoms with van der Waals surface area (Å²) in [6, 6.07) is 7.85. The van der Waals surface area contributed by atoms with E-state index in [4.69, 9.17) is 4.74 Å². The minimum atomic E-state index is -3.14. The summed E-state index contributed by atoms with van der Waals surface area (Å²) in [4.78, 5) is 28.2. The van der Waals surface area contributed by atoms with Crippen LogP contribution in [0, 0.1) is 6.92 Å². The standard InChI is InChI=1S/C21H23F2N3O3/c1-5-21(22,23)12-29-18-10-9-16(11-24-18)14(3)25-20(28)19-13(2)7-6-8-17(19)26-15(4)27/h5-11,14H,1,12H2,2-4H3,(H,25,28)(H,26,27). The zero-order chi connectivity index (χ0) is 21.6. The quantitative estimate of drug-likeness (QED) is 0.652. The zero-order valence-electron chi connectivity index (χ0n) is 16.5. The largest absolute Gasteiger partial charge is 0.471 e. The first-order valence-corrected chi connectivity index (χ1v) is 8.91. The molecular weight excluding hydrogens is 380 g/mol. The van der Waals surface area contributed by atoms with Gasteiger partial charge in [-0.1, -0.05) is 24.8 Å². The number of hydrogen-bond donors (Lipinski definition) is 2. The predicted octanol–water partition coefficient (Wildman–Crippen LogP) is 4.04. The van der Waals surface area contributed by atoms with E-state index in [1.807, 2.05) is 0 Å². The highest BCUT2D eigenvalue weighted by atomic mass is 19.3. The number of amides is 2. The molecule has 1 aromatic heterocycles. The van der Waals surface area contributed by atoms with Crippen LogP contribution >= 0.6 is 0 Å². The average Bonchev–Trinajstić information content (AvgIpc) is 2.66. The monoisotopic (exact) mass is 403 g/mol. The van der Waals surface area contributed by atoms with Crippen LogP contribution in [0.15, 0.2) is 49.2 Å². The smallest absolute Gasteiger partial charge is 0.299 e. The Balaban J connectivity index is 2.09. The molecule has 2 rings (SSSR count). The summed E-state index contributed by atoms with van der Waals surface area (Å²) >= 11 is 0. The fourth-order valence-corrected chi connectivity index (χ4v) is 2.58. The number of pyridine rings is 1. The third-order valence-corrected chi connectivity index (χ3v) is 4.13. The molecule has 0 saturated heterocycles. The van der Waals surface area contributed by atoms with E-state index in [0.717, 1.165) is 0 Å². The molecule has 2 N–H and O–H groups in total. The van der Waals surface area contributed by atoms with Crippen molar-refractivity contribution in [2.75, 3.05) is 11.9 Å². The third-order valence-electron chi connectivity index (χ3n) is 4.13. The Morgan fingerprint density at radius 3 is 2.62 bits per heavy atom. The number of carbonyl (C=O) groups excluding carboxylic acids is 2. The molecule has 8 heteroatoms. The molecule has 29 heavy (non-hydrogen) atoms. The highest BCUT2D eigenvalue weighted by molar-refractivity contribution is 6.04. The van der Waals surface area contributed by atoms with Crippen molar-refractivity contribution in [3.05, 3.63) is 65.9 Å². The SMILES string of the molecule is C=CC(F)(F)COc1ccc(C(C)NC(=O)c2c(C)cccc2NC(C)=O)cn1. The van der Waals surface area contributed by atoms with E-state index in [1.54, 1.807) is 38.1 Å². The number of alkyl halides is 2. The van der Waals surface area contributed by atoms with E-state index in [1.165, 1.54) is 19.2 Å². The number of benzene rings is 1. The Morgan fingerprint density at radius 2 is 2.03 bits per heavy atom. The Hall–Kier alpha value is -3.29. The molecule has 0 spiro atoms. The normalized spacial score (nSPS) is 12.0. The van der Waals surface area contributed by atoms with Crippen LogP contribution in [-0.4, -0.2) is 29.3 Å². The summed E-state index contributed by atoms with van der Waals surface area (Å²) in [5.74, 6) is -3.73. The number of aromatic nitrogens is 1. The van der Waals surface area contributed by atoms with Gasteiger partial charge in [-0.2, -0.15) is 8.78 Å². The molecule has 0 saturated carbocycles. The molecule has 1 atom stereocenters. The number of ether oxygens (including phenoxy) is 1. The molecule has 0 fully saturated rings. The maximum absolute atomic E-state index is 13.2. The second kappa shape index (κ2) is 9.27. The molecule has 1 heterocycles. The van der Waals surface area contributed by atoms with Gasteiger partial charge in [-0.25, -0.2) is 4.98 Å². The molecule has 0 radical (unpaired) electrons. The average molecular weight is 403 g/mol. The second-order valence-corrected chi connectivity index (χ2v) is 6.56. The third kappa shape index (κ3) is 6.10. The van der Waals surface area contributed by atoms with E-state index >= 15 is 0 Å². The van der Waals surface area contributed by atoms with Crippen LogP contribution in [0.5, 0.6) is 5.88 Å². The van der Waals surface area contributed by atoms with Crippen LogP contribution in [0.25, 0.3) is 0 Å². The molecule has 1 aromatic carbocycles. The summed E-state index contributed by atoms with van der Waals surface area (Å²) < 4.78 is 31.3. The number of nitrogens with one attached hydrogen (secondary N) is 2. The first kappa shape index (κ1) is 22.0. The van der Waals surface area contributed by atoms with E-state index in [0.29, 0.717) is 28.5 Å². The molecule has 0 aliphatic heterocycles. The van der Waals surface area contributed by atoms with Crippen LogP contribution in [-0.2, 0) is 4.79 Å². The minimum Gasteiger partial charge on any atom is -0.471 e. The molecule has 2 aromatic rings. The Morgan fingerprint density at radius 1 is 1.31 bits per heavy atom. The minimum absolute atomic E-state index is 0.0423. The summed E-state index contributed by atoms with van der Waals surface area (Å²) in [6.07, 6.45) is 1.96. The predicted molar refractivity (Wildman–Crippen MR) is 106 cm³/mol. The molecule has 0 bridgehead atoms. The molecule has 2 amide bonds. The van der Waals surface area contributed by atoms with Gasteiger partial charge >= 0.3 is 0 Å². The van der Waals surface area contributed by atoms with Crippen molar-refractivity contribution in [3.63, 3.8) is 0 Å². The maximum atomic E-state index is 13.2. The van der Waals surface area contributed by atoms with Crippen LogP contribution in [0.2, 0.25) is 0 Å². The van der Waals surface area contributed by atoms with Crippen molar-refractivity contribution < 1.29 is 23.1 Å². The van der Waals surface area contributed by atoms with Crippen LogP contribution in [0.4, 0.5) is 14.5 Å². The number of rotatable bonds is 8. The van der Waals surface area contributed by atoms with Gasteiger partial charge in [0, 0.05) is 19.2 Å². The molecule has 0 aliphatic carbocycles. The lowest BCUT2D eigenvalue weighted by atomic mass is 10.0. The summed E-state index contributed by atoms with van der Waals surface area (Å²) in [7, 11) is 0. The first-order chi connectivity index (χ1) is 13.6. The second-order valence-electron chi connectivity index (χ2n) is 6.56. The number of hydrogen-bond acceptors (Lipinski definition) is 4. The molecule has 0 aliphatic rings. The number of anilines is 1. The zero-order valence-corrected chi connectivity index (χ0v) is 16.5. The van der Waals surface area contributed by atoms with E-state index in [-0.39, 0.29) is 17.7 Å². The van der Waals surface area contributed by atoms with Crippen LogP contribution in [0.1, 0.15) is 41.4 Å². The van der Waals surface area contributed by atoms with Crippen molar-refractivity contribution >= 4 is 17.5 Å². The topological polar surface area (TPSA) is 80.3 Å². The number of nitrogens with zero attached hydrogens (tertiary/aromatic N) is 1. The Labute approximate surface area is 168 Å². The van der Waals surface area contributed by atoms with Crippen molar-refractivity contribution in [1.82, 2.24) is 10.3 Å². The van der Waals surface area contributed by atoms with Crippen molar-refractivity contribution in [2.45, 2.75) is 32.7 Å². The van der Waals surface area contributed by atoms with Crippen molar-refractivity contribution in [3.8, 4) is 5.88 Å². The molecule has 154 valence electrons. The molecular formula is C21H23F2N3O3. The fraction of sp³-hybridized carbons (Fsp3) is 0.286. The van der Waals surface area contributed by atoms with Gasteiger partial charge in [0.15, 0.2) is 6.61 Å². The van der Waals surface area contributed by atoms with Gasteiger partial charge in [0.2, 0.25) is 11.8 Å². The highest BCUT2D eigenvalue weighted by Gasteiger charge is 2.25. The van der Waals surface area contributed by atoms with Gasteiger partial charge in [-0.15, -0.1) is 0 Å². The maximum Gasteiger partial charge on any atom is 0.299 e. The number of halogens is 2. The van der Waals surface area contributed by atoms with Gasteiger partial charge in [0.1, 0.15) is 0 Å². The van der Waals surface area contributed by atoms with Gasteiger partial charge < -0.3 is 15.4 Å².